The second kappa shape index (κ2) is 6.86. The number of hydrogen-bond donors (Lipinski definition) is 1. The lowest BCUT2D eigenvalue weighted by molar-refractivity contribution is 0.100. The molecule has 0 spiro atoms. The van der Waals surface area contributed by atoms with Crippen LogP contribution in [0.1, 0.15) is 47.2 Å². The molecule has 0 atom stereocenters. The first-order valence-electron chi connectivity index (χ1n) is 8.41. The third-order valence-electron chi connectivity index (χ3n) is 4.87. The maximum atomic E-state index is 11.1. The van der Waals surface area contributed by atoms with Crippen LogP contribution in [0.2, 0.25) is 0 Å². The number of carbonyl (C=O) groups excluding carboxylic acids is 1. The van der Waals surface area contributed by atoms with E-state index in [1.54, 1.807) is 0 Å². The molecule has 23 heavy (non-hydrogen) atoms. The fourth-order valence-electron chi connectivity index (χ4n) is 3.33. The lowest BCUT2D eigenvalue weighted by Crippen LogP contribution is -2.32. The Labute approximate surface area is 138 Å². The van der Waals surface area contributed by atoms with Gasteiger partial charge in [0.15, 0.2) is 0 Å². The molecule has 3 rings (SSSR count). The van der Waals surface area contributed by atoms with Crippen LogP contribution in [0.3, 0.4) is 0 Å². The molecule has 3 heteroatoms. The standard InChI is InChI=1S/C20H24N2O/c1-2-15-3-5-16(6-4-15)17-11-13-22(14-12-17)19-9-7-18(8-10-19)20(21)23/h3-10,17H,2,11-14H2,1H3,(H2,21,23). The summed E-state index contributed by atoms with van der Waals surface area (Å²) in [5.74, 6) is 0.285. The van der Waals surface area contributed by atoms with Crippen molar-refractivity contribution in [1.82, 2.24) is 0 Å². The summed E-state index contributed by atoms with van der Waals surface area (Å²) in [6.07, 6.45) is 3.44. The Morgan fingerprint density at radius 2 is 1.65 bits per heavy atom. The average Bonchev–Trinajstić information content (AvgIpc) is 2.62. The Bertz CT molecular complexity index is 653. The van der Waals surface area contributed by atoms with Crippen LogP contribution >= 0.6 is 0 Å². The third-order valence-corrected chi connectivity index (χ3v) is 4.87. The zero-order valence-corrected chi connectivity index (χ0v) is 13.7. The van der Waals surface area contributed by atoms with Gasteiger partial charge in [-0.25, -0.2) is 0 Å². The highest BCUT2D eigenvalue weighted by Gasteiger charge is 2.20. The lowest BCUT2D eigenvalue weighted by Gasteiger charge is -2.34. The van der Waals surface area contributed by atoms with E-state index in [1.807, 2.05) is 24.3 Å². The number of benzene rings is 2. The Kier molecular flexibility index (Phi) is 4.65. The number of nitrogens with zero attached hydrogens (tertiary/aromatic N) is 1. The average molecular weight is 308 g/mol. The molecule has 120 valence electrons. The minimum absolute atomic E-state index is 0.370. The van der Waals surface area contributed by atoms with Gasteiger partial charge in [0, 0.05) is 24.3 Å². The predicted molar refractivity (Wildman–Crippen MR) is 95.0 cm³/mol. The van der Waals surface area contributed by atoms with Crippen LogP contribution in [0, 0.1) is 0 Å². The second-order valence-corrected chi connectivity index (χ2v) is 6.27. The number of primary amides is 1. The highest BCUT2D eigenvalue weighted by molar-refractivity contribution is 5.93. The monoisotopic (exact) mass is 308 g/mol. The van der Waals surface area contributed by atoms with E-state index in [9.17, 15) is 4.79 Å². The fourth-order valence-corrected chi connectivity index (χ4v) is 3.33. The highest BCUT2D eigenvalue weighted by atomic mass is 16.1. The van der Waals surface area contributed by atoms with Crippen LogP contribution in [0.25, 0.3) is 0 Å². The molecule has 0 aromatic heterocycles. The highest BCUT2D eigenvalue weighted by Crippen LogP contribution is 2.30. The van der Waals surface area contributed by atoms with Crippen molar-refractivity contribution < 1.29 is 4.79 Å². The summed E-state index contributed by atoms with van der Waals surface area (Å²) in [6.45, 7) is 4.29. The van der Waals surface area contributed by atoms with Crippen molar-refractivity contribution in [3.05, 3.63) is 65.2 Å². The molecule has 1 saturated heterocycles. The Morgan fingerprint density at radius 3 is 2.17 bits per heavy atom. The van der Waals surface area contributed by atoms with E-state index in [4.69, 9.17) is 5.73 Å². The van der Waals surface area contributed by atoms with E-state index in [-0.39, 0.29) is 5.91 Å². The number of piperidine rings is 1. The molecular formula is C20H24N2O. The third kappa shape index (κ3) is 3.55. The van der Waals surface area contributed by atoms with E-state index in [2.05, 4.69) is 36.1 Å². The van der Waals surface area contributed by atoms with Crippen LogP contribution < -0.4 is 10.6 Å². The van der Waals surface area contributed by atoms with Crippen molar-refractivity contribution in [1.29, 1.82) is 0 Å². The van der Waals surface area contributed by atoms with Crippen molar-refractivity contribution >= 4 is 11.6 Å². The minimum atomic E-state index is -0.370. The van der Waals surface area contributed by atoms with Gasteiger partial charge < -0.3 is 10.6 Å². The molecule has 0 unspecified atom stereocenters. The zero-order valence-electron chi connectivity index (χ0n) is 13.7. The topological polar surface area (TPSA) is 46.3 Å². The SMILES string of the molecule is CCc1ccc(C2CCN(c3ccc(C(N)=O)cc3)CC2)cc1. The summed E-state index contributed by atoms with van der Waals surface area (Å²) in [6, 6.07) is 16.7. The lowest BCUT2D eigenvalue weighted by atomic mass is 9.88. The molecule has 3 nitrogen and oxygen atoms in total. The molecule has 1 aliphatic rings. The van der Waals surface area contributed by atoms with Gasteiger partial charge in [0.25, 0.3) is 0 Å². The summed E-state index contributed by atoms with van der Waals surface area (Å²) in [7, 11) is 0. The quantitative estimate of drug-likeness (QED) is 0.935. The number of hydrogen-bond acceptors (Lipinski definition) is 2. The van der Waals surface area contributed by atoms with Gasteiger partial charge in [-0.15, -0.1) is 0 Å². The van der Waals surface area contributed by atoms with Crippen molar-refractivity contribution in [2.24, 2.45) is 5.73 Å². The van der Waals surface area contributed by atoms with Gasteiger partial charge in [-0.05, 0) is 60.6 Å². The van der Waals surface area contributed by atoms with E-state index in [1.165, 1.54) is 29.7 Å². The second-order valence-electron chi connectivity index (χ2n) is 6.27. The first-order chi connectivity index (χ1) is 11.2. The molecule has 1 aliphatic heterocycles. The summed E-state index contributed by atoms with van der Waals surface area (Å²) >= 11 is 0. The molecular weight excluding hydrogens is 284 g/mol. The van der Waals surface area contributed by atoms with E-state index in [0.717, 1.165) is 19.5 Å². The summed E-state index contributed by atoms with van der Waals surface area (Å²) in [5.41, 5.74) is 9.91. The van der Waals surface area contributed by atoms with E-state index >= 15 is 0 Å². The normalized spacial score (nSPS) is 15.6. The molecule has 1 fully saturated rings. The van der Waals surface area contributed by atoms with Crippen LogP contribution in [0.15, 0.2) is 48.5 Å². The fraction of sp³-hybridized carbons (Fsp3) is 0.350. The first-order valence-corrected chi connectivity index (χ1v) is 8.41. The molecule has 2 aromatic rings. The van der Waals surface area contributed by atoms with Gasteiger partial charge >= 0.3 is 0 Å². The van der Waals surface area contributed by atoms with Crippen molar-refractivity contribution in [3.8, 4) is 0 Å². The van der Waals surface area contributed by atoms with Crippen LogP contribution in [0.5, 0.6) is 0 Å². The van der Waals surface area contributed by atoms with Gasteiger partial charge in [0.05, 0.1) is 0 Å². The van der Waals surface area contributed by atoms with Crippen molar-refractivity contribution in [3.63, 3.8) is 0 Å². The molecule has 2 N–H and O–H groups in total. The van der Waals surface area contributed by atoms with Crippen LogP contribution in [-0.2, 0) is 6.42 Å². The maximum absolute atomic E-state index is 11.1. The maximum Gasteiger partial charge on any atom is 0.248 e. The Morgan fingerprint density at radius 1 is 1.04 bits per heavy atom. The van der Waals surface area contributed by atoms with E-state index < -0.39 is 0 Å². The number of aryl methyl sites for hydroxylation is 1. The van der Waals surface area contributed by atoms with Crippen LogP contribution in [-0.4, -0.2) is 19.0 Å². The summed E-state index contributed by atoms with van der Waals surface area (Å²) in [5, 5.41) is 0. The van der Waals surface area contributed by atoms with Gasteiger partial charge in [-0.1, -0.05) is 31.2 Å². The molecule has 0 radical (unpaired) electrons. The zero-order chi connectivity index (χ0) is 16.2. The molecule has 1 heterocycles. The predicted octanol–water partition coefficient (Wildman–Crippen LogP) is 3.73. The Balaban J connectivity index is 1.62. The molecule has 1 amide bonds. The summed E-state index contributed by atoms with van der Waals surface area (Å²) < 4.78 is 0. The number of rotatable bonds is 4. The molecule has 0 aliphatic carbocycles. The number of carbonyl (C=O) groups is 1. The first kappa shape index (κ1) is 15.6. The molecule has 2 aromatic carbocycles. The van der Waals surface area contributed by atoms with Gasteiger partial charge in [-0.3, -0.25) is 4.79 Å². The smallest absolute Gasteiger partial charge is 0.248 e. The van der Waals surface area contributed by atoms with Crippen molar-refractivity contribution in [2.75, 3.05) is 18.0 Å². The van der Waals surface area contributed by atoms with Gasteiger partial charge in [-0.2, -0.15) is 0 Å². The van der Waals surface area contributed by atoms with Gasteiger partial charge in [0.1, 0.15) is 0 Å². The van der Waals surface area contributed by atoms with E-state index in [0.29, 0.717) is 11.5 Å². The number of amides is 1. The van der Waals surface area contributed by atoms with Crippen LogP contribution in [0.4, 0.5) is 5.69 Å². The summed E-state index contributed by atoms with van der Waals surface area (Å²) in [4.78, 5) is 13.5. The Hall–Kier alpha value is -2.29. The molecule has 0 bridgehead atoms. The number of nitrogens with two attached hydrogens (primary N) is 1. The molecule has 0 saturated carbocycles. The largest absolute Gasteiger partial charge is 0.371 e. The van der Waals surface area contributed by atoms with Gasteiger partial charge in [0.2, 0.25) is 5.91 Å². The minimum Gasteiger partial charge on any atom is -0.371 e. The van der Waals surface area contributed by atoms with Crippen molar-refractivity contribution in [2.45, 2.75) is 32.1 Å². The number of anilines is 1.